The van der Waals surface area contributed by atoms with Gasteiger partial charge in [0.2, 0.25) is 5.91 Å². The van der Waals surface area contributed by atoms with Crippen LogP contribution in [-0.2, 0) is 19.1 Å². The fourth-order valence-corrected chi connectivity index (χ4v) is 1.63. The van der Waals surface area contributed by atoms with Crippen LogP contribution in [0.25, 0.3) is 0 Å². The number of nitrogens with zero attached hydrogens (tertiary/aromatic N) is 1. The first kappa shape index (κ1) is 12.9. The standard InChI is InChI=1S/C10H18N2O4/c1-11-9(13)3-4-12-5-6-16-7-8(12)10(14)15-2/h8H,3-7H2,1-2H3,(H,11,13). The summed E-state index contributed by atoms with van der Waals surface area (Å²) in [6, 6.07) is -0.386. The molecule has 92 valence electrons. The van der Waals surface area contributed by atoms with E-state index in [0.29, 0.717) is 32.7 Å². The Morgan fingerprint density at radius 1 is 1.56 bits per heavy atom. The van der Waals surface area contributed by atoms with Crippen molar-refractivity contribution in [1.29, 1.82) is 0 Å². The highest BCUT2D eigenvalue weighted by molar-refractivity contribution is 5.77. The van der Waals surface area contributed by atoms with Crippen molar-refractivity contribution in [3.8, 4) is 0 Å². The Morgan fingerprint density at radius 2 is 2.31 bits per heavy atom. The molecule has 1 rings (SSSR count). The predicted molar refractivity (Wildman–Crippen MR) is 56.9 cm³/mol. The van der Waals surface area contributed by atoms with E-state index in [4.69, 9.17) is 9.47 Å². The molecule has 16 heavy (non-hydrogen) atoms. The van der Waals surface area contributed by atoms with Crippen LogP contribution in [0.15, 0.2) is 0 Å². The molecule has 0 spiro atoms. The number of ether oxygens (including phenoxy) is 2. The first-order chi connectivity index (χ1) is 7.69. The van der Waals surface area contributed by atoms with Gasteiger partial charge >= 0.3 is 5.97 Å². The topological polar surface area (TPSA) is 67.9 Å². The molecule has 0 aliphatic carbocycles. The second-order valence-electron chi connectivity index (χ2n) is 3.57. The highest BCUT2D eigenvalue weighted by Crippen LogP contribution is 2.08. The number of nitrogens with one attached hydrogen (secondary N) is 1. The summed E-state index contributed by atoms with van der Waals surface area (Å²) in [5.74, 6) is -0.341. The second-order valence-corrected chi connectivity index (χ2v) is 3.57. The molecule has 1 N–H and O–H groups in total. The summed E-state index contributed by atoms with van der Waals surface area (Å²) in [7, 11) is 2.95. The third-order valence-electron chi connectivity index (χ3n) is 2.62. The van der Waals surface area contributed by atoms with E-state index in [-0.39, 0.29) is 17.9 Å². The zero-order valence-corrected chi connectivity index (χ0v) is 9.69. The average molecular weight is 230 g/mol. The number of carbonyl (C=O) groups is 2. The first-order valence-corrected chi connectivity index (χ1v) is 5.29. The minimum Gasteiger partial charge on any atom is -0.468 e. The summed E-state index contributed by atoms with van der Waals surface area (Å²) in [5.41, 5.74) is 0. The maximum Gasteiger partial charge on any atom is 0.325 e. The van der Waals surface area contributed by atoms with E-state index in [2.05, 4.69) is 5.32 Å². The largest absolute Gasteiger partial charge is 0.468 e. The summed E-state index contributed by atoms with van der Waals surface area (Å²) >= 11 is 0. The molecule has 0 aromatic heterocycles. The highest BCUT2D eigenvalue weighted by Gasteiger charge is 2.30. The molecule has 6 heteroatoms. The van der Waals surface area contributed by atoms with E-state index in [1.54, 1.807) is 7.05 Å². The van der Waals surface area contributed by atoms with Gasteiger partial charge in [-0.2, -0.15) is 0 Å². The van der Waals surface area contributed by atoms with E-state index in [0.717, 1.165) is 0 Å². The third-order valence-corrected chi connectivity index (χ3v) is 2.62. The molecule has 1 unspecified atom stereocenters. The third kappa shape index (κ3) is 3.46. The van der Waals surface area contributed by atoms with Crippen LogP contribution < -0.4 is 5.32 Å². The number of esters is 1. The quantitative estimate of drug-likeness (QED) is 0.627. The summed E-state index contributed by atoms with van der Waals surface area (Å²) in [5, 5.41) is 2.55. The Hall–Kier alpha value is -1.14. The van der Waals surface area contributed by atoms with Gasteiger partial charge in [0.25, 0.3) is 0 Å². The van der Waals surface area contributed by atoms with Crippen molar-refractivity contribution in [1.82, 2.24) is 10.2 Å². The highest BCUT2D eigenvalue weighted by atomic mass is 16.5. The van der Waals surface area contributed by atoms with Crippen molar-refractivity contribution < 1.29 is 19.1 Å². The average Bonchev–Trinajstić information content (AvgIpc) is 2.35. The van der Waals surface area contributed by atoms with Crippen molar-refractivity contribution >= 4 is 11.9 Å². The number of amides is 1. The van der Waals surface area contributed by atoms with E-state index >= 15 is 0 Å². The molecule has 0 bridgehead atoms. The van der Waals surface area contributed by atoms with Gasteiger partial charge < -0.3 is 14.8 Å². The number of carbonyl (C=O) groups excluding carboxylic acids is 2. The normalized spacial score (nSPS) is 21.5. The maximum absolute atomic E-state index is 11.4. The molecule has 0 radical (unpaired) electrons. The van der Waals surface area contributed by atoms with Gasteiger partial charge in [-0.1, -0.05) is 0 Å². The zero-order valence-electron chi connectivity index (χ0n) is 9.69. The second kappa shape index (κ2) is 6.44. The van der Waals surface area contributed by atoms with Crippen LogP contribution in [0, 0.1) is 0 Å². The lowest BCUT2D eigenvalue weighted by Crippen LogP contribution is -2.51. The van der Waals surface area contributed by atoms with Crippen molar-refractivity contribution in [3.63, 3.8) is 0 Å². The van der Waals surface area contributed by atoms with Crippen molar-refractivity contribution in [3.05, 3.63) is 0 Å². The molecule has 1 fully saturated rings. The Kier molecular flexibility index (Phi) is 5.21. The number of morpholine rings is 1. The Labute approximate surface area is 94.9 Å². The molecule has 0 aromatic rings. The molecule has 0 aromatic carbocycles. The van der Waals surface area contributed by atoms with Crippen LogP contribution >= 0.6 is 0 Å². The molecule has 6 nitrogen and oxygen atoms in total. The summed E-state index contributed by atoms with van der Waals surface area (Å²) in [6.45, 7) is 2.11. The van der Waals surface area contributed by atoms with E-state index in [1.165, 1.54) is 7.11 Å². The van der Waals surface area contributed by atoms with Crippen LogP contribution in [-0.4, -0.2) is 63.3 Å². The number of hydrogen-bond acceptors (Lipinski definition) is 5. The van der Waals surface area contributed by atoms with Crippen molar-refractivity contribution in [2.75, 3.05) is 40.5 Å². The first-order valence-electron chi connectivity index (χ1n) is 5.29. The Balaban J connectivity index is 2.47. The summed E-state index contributed by atoms with van der Waals surface area (Å²) in [4.78, 5) is 24.5. The monoisotopic (exact) mass is 230 g/mol. The van der Waals surface area contributed by atoms with Crippen LogP contribution in [0.5, 0.6) is 0 Å². The van der Waals surface area contributed by atoms with Gasteiger partial charge in [0, 0.05) is 26.6 Å². The lowest BCUT2D eigenvalue weighted by Gasteiger charge is -2.33. The summed E-state index contributed by atoms with van der Waals surface area (Å²) in [6.07, 6.45) is 0.379. The van der Waals surface area contributed by atoms with E-state index in [1.807, 2.05) is 4.90 Å². The molecule has 1 heterocycles. The minimum atomic E-state index is -0.386. The van der Waals surface area contributed by atoms with Crippen LogP contribution in [0.1, 0.15) is 6.42 Å². The van der Waals surface area contributed by atoms with E-state index < -0.39 is 0 Å². The Bertz CT molecular complexity index is 257. The van der Waals surface area contributed by atoms with Gasteiger partial charge in [0.1, 0.15) is 6.04 Å². The van der Waals surface area contributed by atoms with Crippen LogP contribution in [0.2, 0.25) is 0 Å². The number of hydrogen-bond donors (Lipinski definition) is 1. The smallest absolute Gasteiger partial charge is 0.325 e. The fourth-order valence-electron chi connectivity index (χ4n) is 1.63. The van der Waals surface area contributed by atoms with Gasteiger partial charge in [-0.25, -0.2) is 0 Å². The predicted octanol–water partition coefficient (Wildman–Crippen LogP) is -1.00. The lowest BCUT2D eigenvalue weighted by atomic mass is 10.2. The fraction of sp³-hybridized carbons (Fsp3) is 0.800. The van der Waals surface area contributed by atoms with E-state index in [9.17, 15) is 9.59 Å². The lowest BCUT2D eigenvalue weighted by molar-refractivity contribution is -0.153. The number of methoxy groups -OCH3 is 1. The van der Waals surface area contributed by atoms with Gasteiger partial charge in [-0.3, -0.25) is 14.5 Å². The van der Waals surface area contributed by atoms with Gasteiger partial charge in [-0.05, 0) is 0 Å². The number of rotatable bonds is 4. The molecule has 1 atom stereocenters. The maximum atomic E-state index is 11.4. The van der Waals surface area contributed by atoms with Crippen LogP contribution in [0.3, 0.4) is 0 Å². The molecule has 0 saturated carbocycles. The molecule has 1 aliphatic rings. The van der Waals surface area contributed by atoms with Gasteiger partial charge in [0.15, 0.2) is 0 Å². The van der Waals surface area contributed by atoms with Gasteiger partial charge in [-0.15, -0.1) is 0 Å². The zero-order chi connectivity index (χ0) is 12.0. The van der Waals surface area contributed by atoms with Crippen LogP contribution in [0.4, 0.5) is 0 Å². The van der Waals surface area contributed by atoms with Crippen molar-refractivity contribution in [2.45, 2.75) is 12.5 Å². The van der Waals surface area contributed by atoms with Gasteiger partial charge in [0.05, 0.1) is 20.3 Å². The van der Waals surface area contributed by atoms with Crippen molar-refractivity contribution in [2.24, 2.45) is 0 Å². The molecular weight excluding hydrogens is 212 g/mol. The molecule has 1 saturated heterocycles. The minimum absolute atomic E-state index is 0.0323. The SMILES string of the molecule is CNC(=O)CCN1CCOCC1C(=O)OC. The Morgan fingerprint density at radius 3 is 2.94 bits per heavy atom. The molecular formula is C10H18N2O4. The molecule has 1 amide bonds. The summed E-state index contributed by atoms with van der Waals surface area (Å²) < 4.78 is 9.92. The molecule has 1 aliphatic heterocycles.